The van der Waals surface area contributed by atoms with Crippen LogP contribution >= 0.6 is 0 Å². The van der Waals surface area contributed by atoms with Crippen LogP contribution in [0, 0.1) is 27.7 Å². The Morgan fingerprint density at radius 2 is 0.726 bits per heavy atom. The zero-order valence-electron chi connectivity index (χ0n) is 39.6. The fraction of sp³-hybridized carbons (Fsp3) is 0.300. The Labute approximate surface area is 372 Å². The molecule has 2 heteroatoms. The Hall–Kier alpha value is -5.86. The molecule has 0 amide bonds. The molecule has 2 aliphatic carbocycles. The van der Waals surface area contributed by atoms with Crippen LogP contribution in [0.5, 0.6) is 0 Å². The normalized spacial score (nSPS) is 14.5. The highest BCUT2D eigenvalue weighted by Crippen LogP contribution is 2.61. The minimum atomic E-state index is -0.233. The van der Waals surface area contributed by atoms with Crippen LogP contribution in [0.1, 0.15) is 125 Å². The predicted molar refractivity (Wildman–Crippen MR) is 267 cm³/mol. The van der Waals surface area contributed by atoms with Gasteiger partial charge in [0.1, 0.15) is 0 Å². The molecule has 0 saturated carbocycles. The van der Waals surface area contributed by atoms with Crippen molar-refractivity contribution in [3.63, 3.8) is 0 Å². The van der Waals surface area contributed by atoms with E-state index in [-0.39, 0.29) is 21.7 Å². The third-order valence-corrected chi connectivity index (χ3v) is 14.0. The lowest BCUT2D eigenvalue weighted by molar-refractivity contribution is 0.590. The zero-order valence-corrected chi connectivity index (χ0v) is 39.6. The summed E-state index contributed by atoms with van der Waals surface area (Å²) in [7, 11) is 0. The summed E-state index contributed by atoms with van der Waals surface area (Å²) in [4.78, 5) is 4.91. The van der Waals surface area contributed by atoms with Gasteiger partial charge < -0.3 is 9.80 Å². The van der Waals surface area contributed by atoms with Crippen molar-refractivity contribution >= 4 is 34.1 Å². The van der Waals surface area contributed by atoms with Crippen molar-refractivity contribution in [3.05, 3.63) is 189 Å². The molecule has 314 valence electrons. The van der Waals surface area contributed by atoms with Gasteiger partial charge >= 0.3 is 0 Å². The van der Waals surface area contributed by atoms with Crippen LogP contribution in [-0.2, 0) is 21.7 Å². The maximum atomic E-state index is 2.50. The van der Waals surface area contributed by atoms with Gasteiger partial charge in [0.2, 0.25) is 0 Å². The monoisotopic (exact) mass is 813 g/mol. The number of aryl methyl sites for hydroxylation is 4. The maximum Gasteiger partial charge on any atom is 0.0467 e. The molecule has 2 nitrogen and oxygen atoms in total. The van der Waals surface area contributed by atoms with Crippen molar-refractivity contribution in [2.24, 2.45) is 0 Å². The Kier molecular flexibility index (Phi) is 9.60. The molecule has 0 N–H and O–H groups in total. The number of hydrogen-bond donors (Lipinski definition) is 0. The van der Waals surface area contributed by atoms with Gasteiger partial charge in [0.15, 0.2) is 0 Å². The standard InChI is InChI=1S/C60H64N2/c1-37-17-15-19-45(31-37)61(43-25-21-41(22-26-43)57(5,6)7)47-33-39(3)53-49-29-30-50-54-40(4)34-48(36-52(54)60(13,14)56(50)55(49)59(11,12)51(53)35-47)62(46-20-16-18-38(2)32-46)44-27-23-42(24-28-44)58(8,9)10/h15-36H,1-14H3. The van der Waals surface area contributed by atoms with E-state index in [9.17, 15) is 0 Å². The summed E-state index contributed by atoms with van der Waals surface area (Å²) in [5, 5.41) is 0. The fourth-order valence-electron chi connectivity index (χ4n) is 10.7. The van der Waals surface area contributed by atoms with Gasteiger partial charge in [0.25, 0.3) is 0 Å². The topological polar surface area (TPSA) is 6.48 Å². The van der Waals surface area contributed by atoms with Gasteiger partial charge in [-0.05, 0) is 189 Å². The van der Waals surface area contributed by atoms with E-state index in [2.05, 4.69) is 240 Å². The molecule has 62 heavy (non-hydrogen) atoms. The van der Waals surface area contributed by atoms with Crippen molar-refractivity contribution in [1.82, 2.24) is 0 Å². The summed E-state index contributed by atoms with van der Waals surface area (Å²) in [6.07, 6.45) is 0. The lowest BCUT2D eigenvalue weighted by atomic mass is 9.72. The highest BCUT2D eigenvalue weighted by Gasteiger charge is 2.47. The smallest absolute Gasteiger partial charge is 0.0467 e. The molecule has 9 rings (SSSR count). The number of benzene rings is 7. The average Bonchev–Trinajstić information content (AvgIpc) is 3.57. The molecule has 0 saturated heterocycles. The minimum Gasteiger partial charge on any atom is -0.310 e. The Morgan fingerprint density at radius 1 is 0.371 bits per heavy atom. The molecule has 7 aromatic rings. The fourth-order valence-corrected chi connectivity index (χ4v) is 10.7. The summed E-state index contributed by atoms with van der Waals surface area (Å²) >= 11 is 0. The minimum absolute atomic E-state index is 0.0826. The van der Waals surface area contributed by atoms with Gasteiger partial charge in [-0.3, -0.25) is 0 Å². The van der Waals surface area contributed by atoms with E-state index in [0.29, 0.717) is 0 Å². The van der Waals surface area contributed by atoms with E-state index in [0.717, 1.165) is 0 Å². The van der Waals surface area contributed by atoms with E-state index >= 15 is 0 Å². The third-order valence-electron chi connectivity index (χ3n) is 14.0. The van der Waals surface area contributed by atoms with Crippen molar-refractivity contribution in [2.75, 3.05) is 9.80 Å². The van der Waals surface area contributed by atoms with Gasteiger partial charge in [-0.25, -0.2) is 0 Å². The molecule has 0 unspecified atom stereocenters. The number of rotatable bonds is 6. The van der Waals surface area contributed by atoms with E-state index in [1.54, 1.807) is 0 Å². The highest BCUT2D eigenvalue weighted by molar-refractivity contribution is 5.95. The van der Waals surface area contributed by atoms with Gasteiger partial charge in [-0.15, -0.1) is 0 Å². The highest BCUT2D eigenvalue weighted by atomic mass is 15.1. The SMILES string of the molecule is Cc1cccc(N(c2ccc(C(C)(C)C)cc2)c2cc(C)c3c(c2)C(C)(C)c2c-3ccc3c2C(C)(C)c2cc(N(c4ccc(C(C)(C)C)cc4)c4cccc(C)c4)cc(C)c2-3)c1. The molecule has 0 radical (unpaired) electrons. The molecule has 0 spiro atoms. The third kappa shape index (κ3) is 6.69. The van der Waals surface area contributed by atoms with E-state index in [1.807, 2.05) is 0 Å². The largest absolute Gasteiger partial charge is 0.310 e. The first-order chi connectivity index (χ1) is 29.2. The van der Waals surface area contributed by atoms with Gasteiger partial charge in [0, 0.05) is 45.0 Å². The first-order valence-electron chi connectivity index (χ1n) is 22.6. The lowest BCUT2D eigenvalue weighted by Gasteiger charge is -2.32. The summed E-state index contributed by atoms with van der Waals surface area (Å²) in [6.45, 7) is 32.6. The average molecular weight is 813 g/mol. The number of fused-ring (bicyclic) bond motifs is 7. The second-order valence-corrected chi connectivity index (χ2v) is 21.5. The maximum absolute atomic E-state index is 2.50. The molecule has 0 atom stereocenters. The summed E-state index contributed by atoms with van der Waals surface area (Å²) in [6, 6.07) is 51.0. The molecular weight excluding hydrogens is 749 g/mol. The van der Waals surface area contributed by atoms with Crippen molar-refractivity contribution in [3.8, 4) is 22.3 Å². The lowest BCUT2D eigenvalue weighted by Crippen LogP contribution is -2.24. The second-order valence-electron chi connectivity index (χ2n) is 21.5. The van der Waals surface area contributed by atoms with Crippen molar-refractivity contribution in [2.45, 2.75) is 119 Å². The Balaban J connectivity index is 1.18. The van der Waals surface area contributed by atoms with E-state index < -0.39 is 0 Å². The molecule has 0 bridgehead atoms. The van der Waals surface area contributed by atoms with Crippen molar-refractivity contribution < 1.29 is 0 Å². The van der Waals surface area contributed by atoms with Crippen molar-refractivity contribution in [1.29, 1.82) is 0 Å². The van der Waals surface area contributed by atoms with Crippen LogP contribution in [0.3, 0.4) is 0 Å². The Bertz CT molecular complexity index is 2690. The van der Waals surface area contributed by atoms with Crippen LogP contribution in [0.4, 0.5) is 34.1 Å². The van der Waals surface area contributed by atoms with Gasteiger partial charge in [-0.1, -0.05) is 130 Å². The second kappa shape index (κ2) is 14.3. The van der Waals surface area contributed by atoms with Crippen LogP contribution in [0.15, 0.2) is 133 Å². The van der Waals surface area contributed by atoms with E-state index in [4.69, 9.17) is 0 Å². The number of anilines is 6. The summed E-state index contributed by atoms with van der Waals surface area (Å²) in [5.41, 5.74) is 25.8. The van der Waals surface area contributed by atoms with Crippen LogP contribution in [0.25, 0.3) is 22.3 Å². The summed E-state index contributed by atoms with van der Waals surface area (Å²) in [5.74, 6) is 0. The Morgan fingerprint density at radius 3 is 1.05 bits per heavy atom. The molecular formula is C60H64N2. The number of nitrogens with zero attached hydrogens (tertiary/aromatic N) is 2. The molecule has 0 fully saturated rings. The number of hydrogen-bond acceptors (Lipinski definition) is 2. The molecule has 2 aliphatic rings. The first-order valence-corrected chi connectivity index (χ1v) is 22.6. The van der Waals surface area contributed by atoms with Crippen LogP contribution in [-0.4, -0.2) is 0 Å². The molecule has 0 aromatic heterocycles. The first kappa shape index (κ1) is 41.5. The van der Waals surface area contributed by atoms with Crippen LogP contribution < -0.4 is 9.80 Å². The molecule has 7 aromatic carbocycles. The van der Waals surface area contributed by atoms with E-state index in [1.165, 1.54) is 112 Å². The summed E-state index contributed by atoms with van der Waals surface area (Å²) < 4.78 is 0. The quantitative estimate of drug-likeness (QED) is 0.165. The predicted octanol–water partition coefficient (Wildman–Crippen LogP) is 17.1. The zero-order chi connectivity index (χ0) is 44.3. The van der Waals surface area contributed by atoms with Gasteiger partial charge in [0.05, 0.1) is 0 Å². The molecule has 0 aliphatic heterocycles. The molecule has 0 heterocycles. The van der Waals surface area contributed by atoms with Crippen LogP contribution in [0.2, 0.25) is 0 Å². The van der Waals surface area contributed by atoms with Gasteiger partial charge in [-0.2, -0.15) is 0 Å².